The molecule has 0 saturated carbocycles. The summed E-state index contributed by atoms with van der Waals surface area (Å²) >= 11 is 0. The molecule has 3 aromatic heterocycles. The first kappa shape index (κ1) is 14.1. The lowest BCUT2D eigenvalue weighted by atomic mass is 9.97. The lowest BCUT2D eigenvalue weighted by molar-refractivity contribution is 0.768. The van der Waals surface area contributed by atoms with Crippen LogP contribution in [0.2, 0.25) is 0 Å². The average Bonchev–Trinajstić information content (AvgIpc) is 3.27. The summed E-state index contributed by atoms with van der Waals surface area (Å²) in [5.74, 6) is 0. The van der Waals surface area contributed by atoms with Crippen molar-refractivity contribution in [3.05, 3.63) is 84.1 Å². The molecular formula is C21H16N4. The first-order chi connectivity index (χ1) is 12.3. The fourth-order valence-corrected chi connectivity index (χ4v) is 3.44. The highest BCUT2D eigenvalue weighted by atomic mass is 15.2. The summed E-state index contributed by atoms with van der Waals surface area (Å²) in [5.41, 5.74) is 8.02. The SMILES string of the molecule is Cn1cc(-c2cnc3c(c2)C(c2ccc4ncccc4c2)=CC3)cn1. The number of rotatable bonds is 2. The topological polar surface area (TPSA) is 43.6 Å². The number of nitrogens with zero attached hydrogens (tertiary/aromatic N) is 4. The molecule has 4 aromatic rings. The van der Waals surface area contributed by atoms with Crippen LogP contribution in [0, 0.1) is 0 Å². The quantitative estimate of drug-likeness (QED) is 0.559. The van der Waals surface area contributed by atoms with Gasteiger partial charge in [-0.15, -0.1) is 0 Å². The summed E-state index contributed by atoms with van der Waals surface area (Å²) in [6.07, 6.45) is 10.8. The first-order valence-electron chi connectivity index (χ1n) is 8.31. The maximum atomic E-state index is 4.68. The van der Waals surface area contributed by atoms with Gasteiger partial charge in [-0.2, -0.15) is 5.10 Å². The Bertz CT molecular complexity index is 1140. The molecule has 0 amide bonds. The number of aromatic nitrogens is 4. The third-order valence-corrected chi connectivity index (χ3v) is 4.71. The average molecular weight is 324 g/mol. The standard InChI is InChI=1S/C21H16N4/c1-25-13-17(12-24-25)16-10-19-18(5-7-21(19)23-11-16)14-4-6-20-15(9-14)3-2-8-22-20/h2-6,8-13H,7H2,1H3. The van der Waals surface area contributed by atoms with Crippen LogP contribution < -0.4 is 0 Å². The summed E-state index contributed by atoms with van der Waals surface area (Å²) in [4.78, 5) is 9.09. The van der Waals surface area contributed by atoms with Gasteiger partial charge in [-0.05, 0) is 35.4 Å². The predicted octanol–water partition coefficient (Wildman–Crippen LogP) is 4.02. The van der Waals surface area contributed by atoms with Crippen molar-refractivity contribution in [1.29, 1.82) is 0 Å². The van der Waals surface area contributed by atoms with Gasteiger partial charge in [0, 0.05) is 54.1 Å². The van der Waals surface area contributed by atoms with Crippen LogP contribution in [0.3, 0.4) is 0 Å². The number of allylic oxidation sites excluding steroid dienone is 1. The molecule has 0 radical (unpaired) electrons. The summed E-state index contributed by atoms with van der Waals surface area (Å²) in [6.45, 7) is 0. The zero-order chi connectivity index (χ0) is 16.8. The molecule has 3 heterocycles. The summed E-state index contributed by atoms with van der Waals surface area (Å²) in [5, 5.41) is 5.42. The van der Waals surface area contributed by atoms with Crippen molar-refractivity contribution in [3.8, 4) is 11.1 Å². The number of pyridine rings is 2. The largest absolute Gasteiger partial charge is 0.275 e. The van der Waals surface area contributed by atoms with Crippen LogP contribution in [0.1, 0.15) is 16.8 Å². The van der Waals surface area contributed by atoms with Crippen molar-refractivity contribution >= 4 is 16.5 Å². The molecule has 120 valence electrons. The minimum absolute atomic E-state index is 0.878. The second-order valence-corrected chi connectivity index (χ2v) is 6.35. The van der Waals surface area contributed by atoms with Crippen LogP contribution in [0.15, 0.2) is 67.3 Å². The molecule has 0 N–H and O–H groups in total. The third-order valence-electron chi connectivity index (χ3n) is 4.71. The van der Waals surface area contributed by atoms with Crippen LogP contribution in [-0.4, -0.2) is 19.7 Å². The molecule has 0 bridgehead atoms. The number of hydrogen-bond acceptors (Lipinski definition) is 3. The van der Waals surface area contributed by atoms with Gasteiger partial charge >= 0.3 is 0 Å². The molecule has 0 aliphatic heterocycles. The third kappa shape index (κ3) is 2.34. The van der Waals surface area contributed by atoms with E-state index >= 15 is 0 Å². The lowest BCUT2D eigenvalue weighted by Gasteiger charge is -2.09. The molecule has 4 heteroatoms. The molecule has 1 aliphatic rings. The zero-order valence-electron chi connectivity index (χ0n) is 13.8. The monoisotopic (exact) mass is 324 g/mol. The smallest absolute Gasteiger partial charge is 0.0702 e. The van der Waals surface area contributed by atoms with E-state index < -0.39 is 0 Å². The molecule has 1 aliphatic carbocycles. The molecule has 5 rings (SSSR count). The number of hydrogen-bond donors (Lipinski definition) is 0. The highest BCUT2D eigenvalue weighted by Crippen LogP contribution is 2.35. The second-order valence-electron chi connectivity index (χ2n) is 6.35. The van der Waals surface area contributed by atoms with Gasteiger partial charge in [0.05, 0.1) is 17.4 Å². The van der Waals surface area contributed by atoms with Crippen molar-refractivity contribution in [2.24, 2.45) is 7.05 Å². The van der Waals surface area contributed by atoms with E-state index in [2.05, 4.69) is 51.5 Å². The van der Waals surface area contributed by atoms with E-state index in [1.807, 2.05) is 42.6 Å². The van der Waals surface area contributed by atoms with E-state index in [0.717, 1.165) is 34.1 Å². The van der Waals surface area contributed by atoms with Gasteiger partial charge in [0.2, 0.25) is 0 Å². The Labute approximate surface area is 145 Å². The van der Waals surface area contributed by atoms with E-state index in [4.69, 9.17) is 0 Å². The molecule has 4 nitrogen and oxygen atoms in total. The molecule has 0 fully saturated rings. The van der Waals surface area contributed by atoms with Gasteiger partial charge in [0.15, 0.2) is 0 Å². The Hall–Kier alpha value is -3.27. The van der Waals surface area contributed by atoms with Gasteiger partial charge in [-0.3, -0.25) is 14.6 Å². The summed E-state index contributed by atoms with van der Waals surface area (Å²) in [6, 6.07) is 12.7. The van der Waals surface area contributed by atoms with Gasteiger partial charge in [-0.25, -0.2) is 0 Å². The van der Waals surface area contributed by atoms with Crippen molar-refractivity contribution in [2.75, 3.05) is 0 Å². The molecule has 0 unspecified atom stereocenters. The Balaban J connectivity index is 1.61. The first-order valence-corrected chi connectivity index (χ1v) is 8.31. The lowest BCUT2D eigenvalue weighted by Crippen LogP contribution is -1.92. The van der Waals surface area contributed by atoms with Crippen LogP contribution in [-0.2, 0) is 13.5 Å². The van der Waals surface area contributed by atoms with E-state index in [0.29, 0.717) is 0 Å². The predicted molar refractivity (Wildman–Crippen MR) is 99.0 cm³/mol. The number of benzene rings is 1. The minimum atomic E-state index is 0.878. The van der Waals surface area contributed by atoms with E-state index in [9.17, 15) is 0 Å². The number of aryl methyl sites for hydroxylation is 1. The second kappa shape index (κ2) is 5.38. The van der Waals surface area contributed by atoms with E-state index in [-0.39, 0.29) is 0 Å². The van der Waals surface area contributed by atoms with Crippen LogP contribution >= 0.6 is 0 Å². The van der Waals surface area contributed by atoms with Crippen LogP contribution in [0.5, 0.6) is 0 Å². The van der Waals surface area contributed by atoms with Gasteiger partial charge in [-0.1, -0.05) is 18.2 Å². The Morgan fingerprint density at radius 1 is 0.960 bits per heavy atom. The van der Waals surface area contributed by atoms with Crippen molar-refractivity contribution < 1.29 is 0 Å². The molecular weight excluding hydrogens is 308 g/mol. The van der Waals surface area contributed by atoms with Crippen molar-refractivity contribution in [3.63, 3.8) is 0 Å². The Morgan fingerprint density at radius 2 is 1.92 bits per heavy atom. The normalized spacial score (nSPS) is 13.1. The fourth-order valence-electron chi connectivity index (χ4n) is 3.44. The van der Waals surface area contributed by atoms with Gasteiger partial charge in [0.1, 0.15) is 0 Å². The summed E-state index contributed by atoms with van der Waals surface area (Å²) in [7, 11) is 1.93. The molecule has 0 atom stereocenters. The van der Waals surface area contributed by atoms with E-state index in [1.54, 1.807) is 0 Å². The zero-order valence-corrected chi connectivity index (χ0v) is 13.8. The van der Waals surface area contributed by atoms with Crippen LogP contribution in [0.4, 0.5) is 0 Å². The van der Waals surface area contributed by atoms with Gasteiger partial charge < -0.3 is 0 Å². The minimum Gasteiger partial charge on any atom is -0.275 e. The fraction of sp³-hybridized carbons (Fsp3) is 0.0952. The van der Waals surface area contributed by atoms with Crippen molar-refractivity contribution in [2.45, 2.75) is 6.42 Å². The molecule has 0 saturated heterocycles. The van der Waals surface area contributed by atoms with Gasteiger partial charge in [0.25, 0.3) is 0 Å². The molecule has 25 heavy (non-hydrogen) atoms. The maximum Gasteiger partial charge on any atom is 0.0702 e. The highest BCUT2D eigenvalue weighted by molar-refractivity contribution is 5.90. The Morgan fingerprint density at radius 3 is 2.80 bits per heavy atom. The highest BCUT2D eigenvalue weighted by Gasteiger charge is 2.18. The summed E-state index contributed by atoms with van der Waals surface area (Å²) < 4.78 is 1.82. The van der Waals surface area contributed by atoms with E-state index in [1.165, 1.54) is 16.7 Å². The maximum absolute atomic E-state index is 4.68. The van der Waals surface area contributed by atoms with Crippen LogP contribution in [0.25, 0.3) is 27.6 Å². The molecule has 0 spiro atoms. The number of fused-ring (bicyclic) bond motifs is 2. The molecule has 1 aromatic carbocycles. The Kier molecular flexibility index (Phi) is 3.04. The van der Waals surface area contributed by atoms with Crippen molar-refractivity contribution in [1.82, 2.24) is 19.7 Å².